The smallest absolute Gasteiger partial charge is 0.164 e. The van der Waals surface area contributed by atoms with E-state index in [2.05, 4.69) is 200 Å². The first kappa shape index (κ1) is 36.3. The molecule has 0 bridgehead atoms. The van der Waals surface area contributed by atoms with E-state index in [1.807, 2.05) is 34.8 Å². The molecular formula is C57H35N3S2. The lowest BCUT2D eigenvalue weighted by Gasteiger charge is -2.15. The first-order valence-corrected chi connectivity index (χ1v) is 22.4. The van der Waals surface area contributed by atoms with Gasteiger partial charge >= 0.3 is 0 Å². The van der Waals surface area contributed by atoms with Gasteiger partial charge < -0.3 is 0 Å². The molecule has 0 spiro atoms. The predicted octanol–water partition coefficient (Wildman–Crippen LogP) is 16.3. The second-order valence-electron chi connectivity index (χ2n) is 15.5. The third kappa shape index (κ3) is 6.47. The number of benzene rings is 9. The van der Waals surface area contributed by atoms with Crippen LogP contribution in [0, 0.1) is 0 Å². The van der Waals surface area contributed by atoms with Crippen LogP contribution < -0.4 is 0 Å². The van der Waals surface area contributed by atoms with Crippen molar-refractivity contribution >= 4 is 63.0 Å². The Morgan fingerprint density at radius 3 is 1.08 bits per heavy atom. The fourth-order valence-electron chi connectivity index (χ4n) is 8.74. The Morgan fingerprint density at radius 1 is 0.226 bits per heavy atom. The monoisotopic (exact) mass is 825 g/mol. The molecule has 62 heavy (non-hydrogen) atoms. The lowest BCUT2D eigenvalue weighted by molar-refractivity contribution is 1.07. The minimum absolute atomic E-state index is 0.615. The second kappa shape index (κ2) is 15.2. The molecule has 0 aliphatic carbocycles. The number of hydrogen-bond donors (Lipinski definition) is 0. The zero-order chi connectivity index (χ0) is 41.0. The zero-order valence-electron chi connectivity index (χ0n) is 33.4. The number of fused-ring (bicyclic) bond motifs is 6. The van der Waals surface area contributed by atoms with Crippen LogP contribution >= 0.6 is 22.7 Å². The van der Waals surface area contributed by atoms with E-state index in [0.29, 0.717) is 17.5 Å². The minimum Gasteiger partial charge on any atom is -0.208 e. The van der Waals surface area contributed by atoms with Gasteiger partial charge in [-0.25, -0.2) is 15.0 Å². The van der Waals surface area contributed by atoms with Gasteiger partial charge in [0.1, 0.15) is 0 Å². The van der Waals surface area contributed by atoms with Crippen molar-refractivity contribution in [1.29, 1.82) is 0 Å². The third-order valence-electron chi connectivity index (χ3n) is 11.8. The van der Waals surface area contributed by atoms with E-state index in [4.69, 9.17) is 15.0 Å². The summed E-state index contributed by atoms with van der Waals surface area (Å²) in [5.74, 6) is 1.86. The van der Waals surface area contributed by atoms with Gasteiger partial charge in [-0.15, -0.1) is 22.7 Å². The Hall–Kier alpha value is -7.57. The van der Waals surface area contributed by atoms with Gasteiger partial charge in [-0.3, -0.25) is 0 Å². The fraction of sp³-hybridized carbons (Fsp3) is 0. The summed E-state index contributed by atoms with van der Waals surface area (Å²) in [6.45, 7) is 0. The van der Waals surface area contributed by atoms with E-state index in [1.54, 1.807) is 0 Å². The van der Waals surface area contributed by atoms with Gasteiger partial charge in [-0.2, -0.15) is 0 Å². The van der Waals surface area contributed by atoms with Crippen LogP contribution in [0.4, 0.5) is 0 Å². The molecule has 0 saturated heterocycles. The third-order valence-corrected chi connectivity index (χ3v) is 14.0. The van der Waals surface area contributed by atoms with Crippen molar-refractivity contribution < 1.29 is 0 Å². The van der Waals surface area contributed by atoms with Crippen LogP contribution in [0.15, 0.2) is 212 Å². The Balaban J connectivity index is 1.10. The normalized spacial score (nSPS) is 11.5. The van der Waals surface area contributed by atoms with Crippen molar-refractivity contribution in [2.75, 3.05) is 0 Å². The molecule has 290 valence electrons. The average molecular weight is 826 g/mol. The highest BCUT2D eigenvalue weighted by Crippen LogP contribution is 2.42. The molecule has 0 amide bonds. The number of nitrogens with zero attached hydrogens (tertiary/aromatic N) is 3. The van der Waals surface area contributed by atoms with Gasteiger partial charge in [0, 0.05) is 57.0 Å². The predicted molar refractivity (Wildman–Crippen MR) is 264 cm³/mol. The van der Waals surface area contributed by atoms with Gasteiger partial charge in [-0.1, -0.05) is 170 Å². The molecule has 0 fully saturated rings. The van der Waals surface area contributed by atoms with Crippen molar-refractivity contribution in [3.05, 3.63) is 212 Å². The standard InChI is InChI=1S/C57H35N3S2/c1-3-15-36(16-4-1)43-19-7-9-23-49(43)56-58-55(59-57(60-56)50-24-10-8-20-44(50)37-17-5-2-6-18-37)42-32-40(38-27-29-47-45-21-11-13-25-51(45)61-53(47)34-38)31-41(33-42)39-28-30-48-46-22-12-14-26-52(46)62-54(48)35-39/h1-35H. The first-order chi connectivity index (χ1) is 30.7. The van der Waals surface area contributed by atoms with Gasteiger partial charge in [0.15, 0.2) is 17.5 Å². The van der Waals surface area contributed by atoms with Crippen LogP contribution in [0.1, 0.15) is 0 Å². The topological polar surface area (TPSA) is 38.7 Å². The summed E-state index contributed by atoms with van der Waals surface area (Å²) in [6.07, 6.45) is 0. The lowest BCUT2D eigenvalue weighted by Crippen LogP contribution is -2.02. The molecule has 12 aromatic rings. The zero-order valence-corrected chi connectivity index (χ0v) is 35.0. The maximum Gasteiger partial charge on any atom is 0.164 e. The van der Waals surface area contributed by atoms with Crippen LogP contribution in [-0.4, -0.2) is 15.0 Å². The largest absolute Gasteiger partial charge is 0.208 e. The molecule has 3 aromatic heterocycles. The van der Waals surface area contributed by atoms with Gasteiger partial charge in [0.05, 0.1) is 0 Å². The summed E-state index contributed by atoms with van der Waals surface area (Å²) in [6, 6.07) is 75.8. The number of hydrogen-bond acceptors (Lipinski definition) is 5. The number of aromatic nitrogens is 3. The first-order valence-electron chi connectivity index (χ1n) is 20.7. The van der Waals surface area contributed by atoms with Crippen LogP contribution in [0.3, 0.4) is 0 Å². The van der Waals surface area contributed by atoms with E-state index in [1.165, 1.54) is 40.3 Å². The molecule has 0 atom stereocenters. The molecule has 12 rings (SSSR count). The molecule has 3 nitrogen and oxygen atoms in total. The van der Waals surface area contributed by atoms with Crippen molar-refractivity contribution in [2.24, 2.45) is 0 Å². The van der Waals surface area contributed by atoms with Crippen LogP contribution in [0.2, 0.25) is 0 Å². The molecule has 9 aromatic carbocycles. The van der Waals surface area contributed by atoms with E-state index in [-0.39, 0.29) is 0 Å². The van der Waals surface area contributed by atoms with Gasteiger partial charge in [-0.05, 0) is 87.0 Å². The summed E-state index contributed by atoms with van der Waals surface area (Å²) in [7, 11) is 0. The fourth-order valence-corrected chi connectivity index (χ4v) is 11.0. The van der Waals surface area contributed by atoms with E-state index >= 15 is 0 Å². The Labute approximate surface area is 366 Å². The maximum atomic E-state index is 5.40. The molecule has 0 radical (unpaired) electrons. The Morgan fingerprint density at radius 2 is 0.597 bits per heavy atom. The summed E-state index contributed by atoms with van der Waals surface area (Å²) < 4.78 is 5.12. The van der Waals surface area contributed by atoms with Crippen molar-refractivity contribution in [1.82, 2.24) is 15.0 Å². The summed E-state index contributed by atoms with van der Waals surface area (Å²) >= 11 is 3.68. The van der Waals surface area contributed by atoms with Gasteiger partial charge in [0.2, 0.25) is 0 Å². The molecule has 3 heterocycles. The van der Waals surface area contributed by atoms with Crippen LogP contribution in [0.5, 0.6) is 0 Å². The highest BCUT2D eigenvalue weighted by Gasteiger charge is 2.20. The quantitative estimate of drug-likeness (QED) is 0.161. The SMILES string of the molecule is c1ccc(-c2ccccc2-c2nc(-c3cc(-c4ccc5c(c4)sc4ccccc45)cc(-c4ccc5c(c4)sc4ccccc45)c3)nc(-c3ccccc3-c3ccccc3)n2)cc1. The maximum absolute atomic E-state index is 5.40. The van der Waals surface area contributed by atoms with Crippen LogP contribution in [0.25, 0.3) is 119 Å². The van der Waals surface area contributed by atoms with E-state index in [0.717, 1.165) is 61.2 Å². The van der Waals surface area contributed by atoms with Crippen molar-refractivity contribution in [3.63, 3.8) is 0 Å². The average Bonchev–Trinajstić information content (AvgIpc) is 3.92. The molecular weight excluding hydrogens is 791 g/mol. The van der Waals surface area contributed by atoms with Crippen LogP contribution in [-0.2, 0) is 0 Å². The molecule has 0 N–H and O–H groups in total. The number of thiophene rings is 2. The summed E-state index contributed by atoms with van der Waals surface area (Å²) in [4.78, 5) is 16.1. The van der Waals surface area contributed by atoms with E-state index < -0.39 is 0 Å². The highest BCUT2D eigenvalue weighted by atomic mass is 32.1. The molecule has 0 saturated carbocycles. The van der Waals surface area contributed by atoms with Crippen molar-refractivity contribution in [2.45, 2.75) is 0 Å². The van der Waals surface area contributed by atoms with Crippen molar-refractivity contribution in [3.8, 4) is 78.7 Å². The Bertz CT molecular complexity index is 3410. The summed E-state index contributed by atoms with van der Waals surface area (Å²) in [5, 5.41) is 5.15. The van der Waals surface area contributed by atoms with Gasteiger partial charge in [0.25, 0.3) is 0 Å². The summed E-state index contributed by atoms with van der Waals surface area (Å²) in [5.41, 5.74) is 11.7. The molecule has 0 unspecified atom stereocenters. The van der Waals surface area contributed by atoms with E-state index in [9.17, 15) is 0 Å². The molecule has 0 aliphatic heterocycles. The second-order valence-corrected chi connectivity index (χ2v) is 17.7. The minimum atomic E-state index is 0.615. The lowest BCUT2D eigenvalue weighted by atomic mass is 9.94. The molecule has 0 aliphatic rings. The Kier molecular flexibility index (Phi) is 8.87. The molecule has 5 heteroatoms. The number of rotatable bonds is 7. The highest BCUT2D eigenvalue weighted by molar-refractivity contribution is 7.26.